The Hall–Kier alpha value is -0.970. The minimum atomic E-state index is 0. The van der Waals surface area contributed by atoms with E-state index in [1.165, 1.54) is 0 Å². The van der Waals surface area contributed by atoms with E-state index in [1.807, 2.05) is 31.2 Å². The zero-order valence-corrected chi connectivity index (χ0v) is 12.4. The van der Waals surface area contributed by atoms with Crippen molar-refractivity contribution >= 4 is 12.4 Å². The molecule has 0 saturated carbocycles. The van der Waals surface area contributed by atoms with Crippen LogP contribution in [0.2, 0.25) is 0 Å². The van der Waals surface area contributed by atoms with Gasteiger partial charge in [0.1, 0.15) is 6.61 Å². The number of hydrogen-bond donors (Lipinski definition) is 1. The van der Waals surface area contributed by atoms with E-state index in [2.05, 4.69) is 17.3 Å². The number of nitrogens with one attached hydrogen (secondary N) is 1. The summed E-state index contributed by atoms with van der Waals surface area (Å²) in [5.74, 6) is 1.66. The Morgan fingerprint density at radius 1 is 1.21 bits per heavy atom. The van der Waals surface area contributed by atoms with Gasteiger partial charge in [-0.2, -0.15) is 0 Å². The molecule has 1 aliphatic heterocycles. The maximum Gasteiger partial charge on any atom is 0.161 e. The molecule has 0 amide bonds. The van der Waals surface area contributed by atoms with Gasteiger partial charge in [0.05, 0.1) is 6.61 Å². The molecule has 1 saturated heterocycles. The minimum absolute atomic E-state index is 0. The molecule has 1 heterocycles. The summed E-state index contributed by atoms with van der Waals surface area (Å²) in [5, 5.41) is 3.27. The highest BCUT2D eigenvalue weighted by Gasteiger charge is 2.20. The zero-order valence-electron chi connectivity index (χ0n) is 11.6. The predicted molar refractivity (Wildman–Crippen MR) is 79.6 cm³/mol. The van der Waals surface area contributed by atoms with Gasteiger partial charge in [-0.05, 0) is 26.1 Å². The van der Waals surface area contributed by atoms with Crippen LogP contribution in [-0.2, 0) is 0 Å². The molecule has 0 spiro atoms. The maximum atomic E-state index is 5.79. The van der Waals surface area contributed by atoms with E-state index in [4.69, 9.17) is 9.47 Å². The predicted octanol–water partition coefficient (Wildman–Crippen LogP) is 1.79. The van der Waals surface area contributed by atoms with Gasteiger partial charge in [0.2, 0.25) is 0 Å². The molecule has 0 radical (unpaired) electrons. The summed E-state index contributed by atoms with van der Waals surface area (Å²) in [6.45, 7) is 6.45. The zero-order chi connectivity index (χ0) is 12.8. The summed E-state index contributed by atoms with van der Waals surface area (Å²) in [6, 6.07) is 8.49. The van der Waals surface area contributed by atoms with Crippen molar-refractivity contribution in [2.24, 2.45) is 0 Å². The molecular weight excluding hydrogens is 264 g/mol. The van der Waals surface area contributed by atoms with Crippen molar-refractivity contribution < 1.29 is 9.47 Å². The number of rotatable bonds is 7. The van der Waals surface area contributed by atoms with Gasteiger partial charge >= 0.3 is 0 Å². The SMILES string of the molecule is CCOc1ccccc1OCCN(C)C1CNC1.Cl. The topological polar surface area (TPSA) is 33.7 Å². The molecule has 1 N–H and O–H groups in total. The van der Waals surface area contributed by atoms with Crippen LogP contribution in [0.4, 0.5) is 0 Å². The van der Waals surface area contributed by atoms with Crippen LogP contribution in [-0.4, -0.2) is 50.8 Å². The van der Waals surface area contributed by atoms with Crippen molar-refractivity contribution in [3.8, 4) is 11.5 Å². The van der Waals surface area contributed by atoms with Crippen LogP contribution in [0.25, 0.3) is 0 Å². The van der Waals surface area contributed by atoms with Gasteiger partial charge in [0.25, 0.3) is 0 Å². The van der Waals surface area contributed by atoms with Crippen LogP contribution in [0.5, 0.6) is 11.5 Å². The third kappa shape index (κ3) is 4.56. The van der Waals surface area contributed by atoms with Gasteiger partial charge in [-0.3, -0.25) is 4.90 Å². The van der Waals surface area contributed by atoms with Gasteiger partial charge in [-0.1, -0.05) is 12.1 Å². The lowest BCUT2D eigenvalue weighted by Crippen LogP contribution is -2.56. The monoisotopic (exact) mass is 286 g/mol. The second-order valence-corrected chi connectivity index (χ2v) is 4.52. The fourth-order valence-corrected chi connectivity index (χ4v) is 1.91. The summed E-state index contributed by atoms with van der Waals surface area (Å²) in [7, 11) is 2.14. The van der Waals surface area contributed by atoms with E-state index in [9.17, 15) is 0 Å². The highest BCUT2D eigenvalue weighted by atomic mass is 35.5. The molecule has 5 heteroatoms. The molecule has 1 aromatic carbocycles. The van der Waals surface area contributed by atoms with Crippen molar-refractivity contribution in [1.82, 2.24) is 10.2 Å². The maximum absolute atomic E-state index is 5.79. The Balaban J connectivity index is 0.00000180. The number of nitrogens with zero attached hydrogens (tertiary/aromatic N) is 1. The van der Waals surface area contributed by atoms with Crippen LogP contribution in [0, 0.1) is 0 Å². The first-order chi connectivity index (χ1) is 8.81. The first-order valence-electron chi connectivity index (χ1n) is 6.57. The standard InChI is InChI=1S/C14H22N2O2.ClH/c1-3-17-13-6-4-5-7-14(13)18-9-8-16(2)12-10-15-11-12;/h4-7,12,15H,3,8-11H2,1-2H3;1H. The Kier molecular flexibility index (Phi) is 6.99. The van der Waals surface area contributed by atoms with E-state index >= 15 is 0 Å². The molecule has 0 unspecified atom stereocenters. The third-order valence-electron chi connectivity index (χ3n) is 3.23. The Morgan fingerprint density at radius 2 is 1.84 bits per heavy atom. The summed E-state index contributed by atoms with van der Waals surface area (Å²) in [6.07, 6.45) is 0. The lowest BCUT2D eigenvalue weighted by Gasteiger charge is -2.35. The van der Waals surface area contributed by atoms with Gasteiger partial charge in [0.15, 0.2) is 11.5 Å². The second-order valence-electron chi connectivity index (χ2n) is 4.52. The second kappa shape index (κ2) is 8.25. The number of halogens is 1. The molecule has 108 valence electrons. The van der Waals surface area contributed by atoms with Gasteiger partial charge in [-0.25, -0.2) is 0 Å². The molecule has 0 aromatic heterocycles. The molecule has 0 aliphatic carbocycles. The van der Waals surface area contributed by atoms with Crippen molar-refractivity contribution in [2.45, 2.75) is 13.0 Å². The molecule has 1 aromatic rings. The van der Waals surface area contributed by atoms with Crippen molar-refractivity contribution in [1.29, 1.82) is 0 Å². The number of hydrogen-bond acceptors (Lipinski definition) is 4. The van der Waals surface area contributed by atoms with E-state index in [1.54, 1.807) is 0 Å². The molecule has 4 nitrogen and oxygen atoms in total. The number of benzene rings is 1. The number of ether oxygens (including phenoxy) is 2. The van der Waals surface area contributed by atoms with Crippen molar-refractivity contribution in [3.05, 3.63) is 24.3 Å². The first kappa shape index (κ1) is 16.1. The lowest BCUT2D eigenvalue weighted by atomic mass is 10.1. The Labute approximate surface area is 121 Å². The summed E-state index contributed by atoms with van der Waals surface area (Å²) < 4.78 is 11.3. The van der Waals surface area contributed by atoms with E-state index in [0.29, 0.717) is 19.3 Å². The normalized spacial score (nSPS) is 14.7. The first-order valence-corrected chi connectivity index (χ1v) is 6.57. The average Bonchev–Trinajstić information content (AvgIpc) is 2.29. The Bertz CT molecular complexity index is 372. The molecule has 0 atom stereocenters. The van der Waals surface area contributed by atoms with E-state index in [-0.39, 0.29) is 12.4 Å². The van der Waals surface area contributed by atoms with Crippen LogP contribution in [0.1, 0.15) is 6.92 Å². The molecule has 1 aliphatic rings. The lowest BCUT2D eigenvalue weighted by molar-refractivity contribution is 0.149. The third-order valence-corrected chi connectivity index (χ3v) is 3.23. The fraction of sp³-hybridized carbons (Fsp3) is 0.571. The van der Waals surface area contributed by atoms with E-state index in [0.717, 1.165) is 31.1 Å². The summed E-state index contributed by atoms with van der Waals surface area (Å²) in [4.78, 5) is 2.33. The molecule has 1 fully saturated rings. The Morgan fingerprint density at radius 3 is 2.37 bits per heavy atom. The van der Waals surface area contributed by atoms with Gasteiger partial charge in [-0.15, -0.1) is 12.4 Å². The summed E-state index contributed by atoms with van der Waals surface area (Å²) >= 11 is 0. The highest BCUT2D eigenvalue weighted by Crippen LogP contribution is 2.26. The summed E-state index contributed by atoms with van der Waals surface area (Å²) in [5.41, 5.74) is 0. The molecule has 19 heavy (non-hydrogen) atoms. The van der Waals surface area contributed by atoms with Gasteiger partial charge < -0.3 is 14.8 Å². The highest BCUT2D eigenvalue weighted by molar-refractivity contribution is 5.85. The quantitative estimate of drug-likeness (QED) is 0.829. The molecule has 0 bridgehead atoms. The smallest absolute Gasteiger partial charge is 0.161 e. The van der Waals surface area contributed by atoms with Crippen molar-refractivity contribution in [2.75, 3.05) is 39.9 Å². The van der Waals surface area contributed by atoms with Crippen LogP contribution >= 0.6 is 12.4 Å². The van der Waals surface area contributed by atoms with Gasteiger partial charge in [0, 0.05) is 25.7 Å². The number of para-hydroxylation sites is 2. The van der Waals surface area contributed by atoms with E-state index < -0.39 is 0 Å². The minimum Gasteiger partial charge on any atom is -0.490 e. The number of likely N-dealkylation sites (N-methyl/N-ethyl adjacent to an activating group) is 1. The molecule has 2 rings (SSSR count). The van der Waals surface area contributed by atoms with Crippen LogP contribution in [0.3, 0.4) is 0 Å². The largest absolute Gasteiger partial charge is 0.490 e. The van der Waals surface area contributed by atoms with Crippen molar-refractivity contribution in [3.63, 3.8) is 0 Å². The fourth-order valence-electron chi connectivity index (χ4n) is 1.91. The van der Waals surface area contributed by atoms with Crippen LogP contribution < -0.4 is 14.8 Å². The molecular formula is C14H23ClN2O2. The average molecular weight is 287 g/mol. The van der Waals surface area contributed by atoms with Crippen LogP contribution in [0.15, 0.2) is 24.3 Å².